The lowest BCUT2D eigenvalue weighted by atomic mass is 10.1. The van der Waals surface area contributed by atoms with E-state index in [1.807, 2.05) is 17.9 Å². The molecule has 2 nitrogen and oxygen atoms in total. The predicted octanol–water partition coefficient (Wildman–Crippen LogP) is 3.62. The average Bonchev–Trinajstić information content (AvgIpc) is 2.39. The molecule has 0 unspecified atom stereocenters. The van der Waals surface area contributed by atoms with Crippen molar-refractivity contribution in [3.63, 3.8) is 0 Å². The molecule has 0 aliphatic carbocycles. The van der Waals surface area contributed by atoms with Crippen LogP contribution in [-0.2, 0) is 6.42 Å². The van der Waals surface area contributed by atoms with E-state index in [-0.39, 0.29) is 11.6 Å². The van der Waals surface area contributed by atoms with E-state index in [0.29, 0.717) is 30.9 Å². The van der Waals surface area contributed by atoms with Gasteiger partial charge in [0.15, 0.2) is 0 Å². The SMILES string of the molecule is CCN(c1cccc(F)c1)c1cc(F)cc(CCN)c1. The molecule has 20 heavy (non-hydrogen) atoms. The molecule has 2 N–H and O–H groups in total. The first kappa shape index (κ1) is 14.5. The van der Waals surface area contributed by atoms with Gasteiger partial charge in [0.05, 0.1) is 0 Å². The van der Waals surface area contributed by atoms with E-state index in [4.69, 9.17) is 5.73 Å². The molecule has 0 spiro atoms. The summed E-state index contributed by atoms with van der Waals surface area (Å²) in [7, 11) is 0. The lowest BCUT2D eigenvalue weighted by molar-refractivity contribution is 0.624. The van der Waals surface area contributed by atoms with E-state index in [2.05, 4.69) is 0 Å². The van der Waals surface area contributed by atoms with Crippen LogP contribution in [0.25, 0.3) is 0 Å². The zero-order valence-corrected chi connectivity index (χ0v) is 11.4. The van der Waals surface area contributed by atoms with E-state index in [0.717, 1.165) is 5.56 Å². The van der Waals surface area contributed by atoms with E-state index in [1.165, 1.54) is 24.3 Å². The van der Waals surface area contributed by atoms with Gasteiger partial charge >= 0.3 is 0 Å². The smallest absolute Gasteiger partial charge is 0.125 e. The first-order chi connectivity index (χ1) is 9.63. The van der Waals surface area contributed by atoms with Gasteiger partial charge in [-0.25, -0.2) is 8.78 Å². The fourth-order valence-electron chi connectivity index (χ4n) is 2.26. The predicted molar refractivity (Wildman–Crippen MR) is 78.2 cm³/mol. The minimum absolute atomic E-state index is 0.305. The van der Waals surface area contributed by atoms with Crippen LogP contribution in [0.2, 0.25) is 0 Å². The fraction of sp³-hybridized carbons (Fsp3) is 0.250. The lowest BCUT2D eigenvalue weighted by Crippen LogP contribution is -2.17. The summed E-state index contributed by atoms with van der Waals surface area (Å²) in [6.07, 6.45) is 0.617. The number of rotatable bonds is 5. The van der Waals surface area contributed by atoms with Crippen LogP contribution in [0.5, 0.6) is 0 Å². The minimum atomic E-state index is -0.306. The van der Waals surface area contributed by atoms with Gasteiger partial charge in [0, 0.05) is 17.9 Å². The largest absolute Gasteiger partial charge is 0.342 e. The minimum Gasteiger partial charge on any atom is -0.342 e. The summed E-state index contributed by atoms with van der Waals surface area (Å²) in [6, 6.07) is 11.1. The summed E-state index contributed by atoms with van der Waals surface area (Å²) >= 11 is 0. The quantitative estimate of drug-likeness (QED) is 0.903. The number of nitrogens with two attached hydrogens (primary N) is 1. The normalized spacial score (nSPS) is 10.6. The Kier molecular flexibility index (Phi) is 4.69. The summed E-state index contributed by atoms with van der Waals surface area (Å²) in [5, 5.41) is 0. The molecule has 0 aromatic heterocycles. The fourth-order valence-corrected chi connectivity index (χ4v) is 2.26. The molecular weight excluding hydrogens is 258 g/mol. The standard InChI is InChI=1S/C16H18F2N2/c1-2-20(15-5-3-4-13(17)10-15)16-9-12(6-7-19)8-14(18)11-16/h3-5,8-11H,2,6-7,19H2,1H3. The van der Waals surface area contributed by atoms with Crippen LogP contribution in [0.3, 0.4) is 0 Å². The summed E-state index contributed by atoms with van der Waals surface area (Å²) in [5.41, 5.74) is 7.77. The molecule has 4 heteroatoms. The van der Waals surface area contributed by atoms with Crippen LogP contribution in [0.15, 0.2) is 42.5 Å². The van der Waals surface area contributed by atoms with Crippen molar-refractivity contribution in [2.24, 2.45) is 5.73 Å². The third-order valence-electron chi connectivity index (χ3n) is 3.12. The van der Waals surface area contributed by atoms with Crippen molar-refractivity contribution in [1.29, 1.82) is 0 Å². The number of halogens is 2. The Morgan fingerprint density at radius 1 is 1.00 bits per heavy atom. The molecule has 0 aliphatic rings. The van der Waals surface area contributed by atoms with Crippen LogP contribution in [-0.4, -0.2) is 13.1 Å². The summed E-state index contributed by atoms with van der Waals surface area (Å²) < 4.78 is 27.0. The van der Waals surface area contributed by atoms with Gasteiger partial charge in [-0.05, 0) is 61.9 Å². The lowest BCUT2D eigenvalue weighted by Gasteiger charge is -2.24. The van der Waals surface area contributed by atoms with Crippen LogP contribution < -0.4 is 10.6 Å². The summed E-state index contributed by atoms with van der Waals surface area (Å²) in [6.45, 7) is 3.03. The molecule has 0 bridgehead atoms. The van der Waals surface area contributed by atoms with Crippen LogP contribution >= 0.6 is 0 Å². The maximum Gasteiger partial charge on any atom is 0.125 e. The molecular formula is C16H18F2N2. The highest BCUT2D eigenvalue weighted by molar-refractivity contribution is 5.63. The van der Waals surface area contributed by atoms with Crippen molar-refractivity contribution < 1.29 is 8.78 Å². The zero-order valence-electron chi connectivity index (χ0n) is 11.4. The number of anilines is 2. The van der Waals surface area contributed by atoms with Crippen LogP contribution in [0.4, 0.5) is 20.2 Å². The Bertz CT molecular complexity index is 584. The zero-order chi connectivity index (χ0) is 14.5. The van der Waals surface area contributed by atoms with Crippen molar-refractivity contribution >= 4 is 11.4 Å². The van der Waals surface area contributed by atoms with Crippen molar-refractivity contribution in [1.82, 2.24) is 0 Å². The highest BCUT2D eigenvalue weighted by Gasteiger charge is 2.10. The number of benzene rings is 2. The van der Waals surface area contributed by atoms with Crippen molar-refractivity contribution in [3.05, 3.63) is 59.7 Å². The van der Waals surface area contributed by atoms with Crippen LogP contribution in [0, 0.1) is 11.6 Å². The molecule has 2 aromatic rings. The number of hydrogen-bond acceptors (Lipinski definition) is 2. The first-order valence-corrected chi connectivity index (χ1v) is 6.66. The third-order valence-corrected chi connectivity index (χ3v) is 3.12. The molecule has 2 aromatic carbocycles. The molecule has 0 fully saturated rings. The molecule has 0 heterocycles. The first-order valence-electron chi connectivity index (χ1n) is 6.66. The van der Waals surface area contributed by atoms with Gasteiger partial charge in [-0.15, -0.1) is 0 Å². The summed E-state index contributed by atoms with van der Waals surface area (Å²) in [4.78, 5) is 1.87. The monoisotopic (exact) mass is 276 g/mol. The second-order valence-electron chi connectivity index (χ2n) is 4.58. The van der Waals surface area contributed by atoms with Crippen molar-refractivity contribution in [2.45, 2.75) is 13.3 Å². The molecule has 0 radical (unpaired) electrons. The van der Waals surface area contributed by atoms with Gasteiger partial charge in [-0.3, -0.25) is 0 Å². The molecule has 0 aliphatic heterocycles. The molecule has 0 saturated carbocycles. The molecule has 0 amide bonds. The van der Waals surface area contributed by atoms with E-state index in [9.17, 15) is 8.78 Å². The highest BCUT2D eigenvalue weighted by atomic mass is 19.1. The van der Waals surface area contributed by atoms with E-state index < -0.39 is 0 Å². The Morgan fingerprint density at radius 3 is 2.40 bits per heavy atom. The second-order valence-corrected chi connectivity index (χ2v) is 4.58. The Balaban J connectivity index is 2.41. The van der Waals surface area contributed by atoms with Crippen molar-refractivity contribution in [2.75, 3.05) is 18.0 Å². The van der Waals surface area contributed by atoms with Gasteiger partial charge in [0.2, 0.25) is 0 Å². The second kappa shape index (κ2) is 6.48. The van der Waals surface area contributed by atoms with Gasteiger partial charge in [0.1, 0.15) is 11.6 Å². The third kappa shape index (κ3) is 3.33. The number of nitrogens with zero attached hydrogens (tertiary/aromatic N) is 1. The topological polar surface area (TPSA) is 29.3 Å². The maximum atomic E-state index is 13.7. The number of hydrogen-bond donors (Lipinski definition) is 1. The molecule has 0 atom stereocenters. The Labute approximate surface area is 117 Å². The van der Waals surface area contributed by atoms with Gasteiger partial charge in [0.25, 0.3) is 0 Å². The Hall–Kier alpha value is -1.94. The van der Waals surface area contributed by atoms with Crippen LogP contribution in [0.1, 0.15) is 12.5 Å². The molecule has 2 rings (SSSR count). The van der Waals surface area contributed by atoms with Gasteiger partial charge < -0.3 is 10.6 Å². The molecule has 106 valence electrons. The Morgan fingerprint density at radius 2 is 1.75 bits per heavy atom. The van der Waals surface area contributed by atoms with Crippen molar-refractivity contribution in [3.8, 4) is 0 Å². The average molecular weight is 276 g/mol. The highest BCUT2D eigenvalue weighted by Crippen LogP contribution is 2.27. The van der Waals surface area contributed by atoms with Gasteiger partial charge in [-0.1, -0.05) is 6.07 Å². The molecule has 0 saturated heterocycles. The summed E-state index contributed by atoms with van der Waals surface area (Å²) in [5.74, 6) is -0.611. The van der Waals surface area contributed by atoms with E-state index >= 15 is 0 Å². The van der Waals surface area contributed by atoms with Gasteiger partial charge in [-0.2, -0.15) is 0 Å². The van der Waals surface area contributed by atoms with E-state index in [1.54, 1.807) is 12.1 Å². The maximum absolute atomic E-state index is 13.7.